The number of ether oxygens (including phenoxy) is 2. The highest BCUT2D eigenvalue weighted by atomic mass is 35.5. The van der Waals surface area contributed by atoms with Gasteiger partial charge in [-0.15, -0.1) is 0 Å². The van der Waals surface area contributed by atoms with Crippen LogP contribution in [0.15, 0.2) is 162 Å². The van der Waals surface area contributed by atoms with Gasteiger partial charge in [0.05, 0.1) is 27.8 Å². The quantitative estimate of drug-likeness (QED) is 0.152. The van der Waals surface area contributed by atoms with Crippen LogP contribution < -0.4 is 19.3 Å². The Hall–Kier alpha value is -7.21. The van der Waals surface area contributed by atoms with Crippen LogP contribution in [0.4, 0.5) is 34.1 Å². The molecule has 8 aromatic carbocycles. The van der Waals surface area contributed by atoms with E-state index in [2.05, 4.69) is 225 Å². The van der Waals surface area contributed by atoms with Gasteiger partial charge >= 0.3 is 0 Å². The zero-order valence-electron chi connectivity index (χ0n) is 43.4. The summed E-state index contributed by atoms with van der Waals surface area (Å²) in [6.07, 6.45) is 0. The normalized spacial score (nSPS) is 13.8. The molecule has 0 N–H and O–H groups in total. The second-order valence-electron chi connectivity index (χ2n) is 22.5. The van der Waals surface area contributed by atoms with Gasteiger partial charge in [0, 0.05) is 33.8 Å². The summed E-state index contributed by atoms with van der Waals surface area (Å²) < 4.78 is 19.0. The smallest absolute Gasteiger partial charge is 0.163 e. The number of rotatable bonds is 8. The molecule has 11 rings (SSSR count). The van der Waals surface area contributed by atoms with Gasteiger partial charge in [0.1, 0.15) is 24.6 Å². The molecule has 1 aliphatic heterocycles. The number of nitrogens with zero attached hydrogens (tertiary/aromatic N) is 2. The number of halogens is 1. The number of anilines is 6. The lowest BCUT2D eigenvalue weighted by atomic mass is 9.81. The Bertz CT molecular complexity index is 3530. The zero-order chi connectivity index (χ0) is 50.4. The van der Waals surface area contributed by atoms with Crippen LogP contribution in [-0.2, 0) is 16.2 Å². The Morgan fingerprint density at radius 1 is 0.500 bits per heavy atom. The third kappa shape index (κ3) is 8.32. The lowest BCUT2D eigenvalue weighted by Crippen LogP contribution is -2.19. The van der Waals surface area contributed by atoms with Gasteiger partial charge in [0.25, 0.3) is 0 Å². The van der Waals surface area contributed by atoms with E-state index >= 15 is 0 Å². The molecule has 362 valence electrons. The van der Waals surface area contributed by atoms with Crippen LogP contribution in [0.3, 0.4) is 0 Å². The molecule has 0 fully saturated rings. The van der Waals surface area contributed by atoms with Gasteiger partial charge in [-0.25, -0.2) is 0 Å². The van der Waals surface area contributed by atoms with Crippen molar-refractivity contribution in [2.45, 2.75) is 92.4 Å². The first kappa shape index (κ1) is 47.1. The van der Waals surface area contributed by atoms with Crippen molar-refractivity contribution >= 4 is 56.7 Å². The van der Waals surface area contributed by atoms with Crippen molar-refractivity contribution in [2.75, 3.05) is 23.0 Å². The Morgan fingerprint density at radius 2 is 1.12 bits per heavy atom. The maximum atomic E-state index is 8.17. The minimum absolute atomic E-state index is 0.0379. The molecule has 0 atom stereocenters. The van der Waals surface area contributed by atoms with E-state index in [1.54, 1.807) is 0 Å². The van der Waals surface area contributed by atoms with Crippen molar-refractivity contribution in [1.29, 1.82) is 0 Å². The topological polar surface area (TPSA) is 38.1 Å². The lowest BCUT2D eigenvalue weighted by molar-refractivity contribution is 0.171. The summed E-state index contributed by atoms with van der Waals surface area (Å²) in [5, 5.41) is 1.65. The van der Waals surface area contributed by atoms with Crippen molar-refractivity contribution in [3.63, 3.8) is 0 Å². The van der Waals surface area contributed by atoms with Crippen molar-refractivity contribution in [2.24, 2.45) is 0 Å². The molecule has 72 heavy (non-hydrogen) atoms. The number of fused-ring (bicyclic) bond motifs is 5. The number of para-hydroxylation sites is 1. The molecular formula is C66H63ClN2O3. The molecule has 0 amide bonds. The first-order valence-corrected chi connectivity index (χ1v) is 25.6. The second kappa shape index (κ2) is 17.5. The van der Waals surface area contributed by atoms with Crippen LogP contribution in [0.25, 0.3) is 44.5 Å². The van der Waals surface area contributed by atoms with E-state index in [1.807, 2.05) is 18.2 Å². The molecule has 1 aliphatic carbocycles. The standard InChI is InChI=1S/C66H63ClN2O3/c1-40-30-56(62(67)57(31-40)69(50-25-27-59-61(39-50)71-29-28-70-59)63-41(2)32-48(33-42(63)3)65(7,8)9)68(49-23-21-47(22-24-49)64(4,5)6)51-35-45(34-46(36-51)60-38-44-16-12-15-19-58(44)72-60)43-20-26-53-52-17-13-14-18-54(52)66(10,11)55(53)37-43/h12-27,30-39H,28-29H2,1-11H3. The molecule has 0 unspecified atom stereocenters. The number of furan rings is 1. The van der Waals surface area contributed by atoms with Crippen molar-refractivity contribution in [1.82, 2.24) is 0 Å². The summed E-state index contributed by atoms with van der Waals surface area (Å²) in [7, 11) is 0. The molecule has 0 spiro atoms. The molecular weight excluding hydrogens is 904 g/mol. The first-order valence-electron chi connectivity index (χ1n) is 25.2. The fraction of sp³-hybridized carbons (Fsp3) is 0.242. The molecule has 9 aromatic rings. The van der Waals surface area contributed by atoms with E-state index in [0.717, 1.165) is 90.0 Å². The van der Waals surface area contributed by atoms with Crippen molar-refractivity contribution in [3.8, 4) is 45.1 Å². The Balaban J connectivity index is 1.16. The van der Waals surface area contributed by atoms with Gasteiger partial charge in [0.15, 0.2) is 11.5 Å². The van der Waals surface area contributed by atoms with Crippen LogP contribution in [-0.4, -0.2) is 13.2 Å². The fourth-order valence-electron chi connectivity index (χ4n) is 11.0. The van der Waals surface area contributed by atoms with Crippen LogP contribution in [0.2, 0.25) is 5.02 Å². The van der Waals surface area contributed by atoms with E-state index in [9.17, 15) is 0 Å². The molecule has 5 nitrogen and oxygen atoms in total. The molecule has 6 heteroatoms. The number of hydrogen-bond donors (Lipinski definition) is 0. The number of benzene rings is 8. The van der Waals surface area contributed by atoms with E-state index in [-0.39, 0.29) is 16.2 Å². The maximum absolute atomic E-state index is 8.17. The van der Waals surface area contributed by atoms with Crippen LogP contribution >= 0.6 is 11.6 Å². The summed E-state index contributed by atoms with van der Waals surface area (Å²) in [5.74, 6) is 2.24. The summed E-state index contributed by atoms with van der Waals surface area (Å²) >= 11 is 8.17. The Kier molecular flexibility index (Phi) is 11.5. The Labute approximate surface area is 430 Å². The third-order valence-corrected chi connectivity index (χ3v) is 15.2. The first-order chi connectivity index (χ1) is 34.3. The van der Waals surface area contributed by atoms with Gasteiger partial charge < -0.3 is 23.7 Å². The van der Waals surface area contributed by atoms with Crippen molar-refractivity contribution in [3.05, 3.63) is 202 Å². The van der Waals surface area contributed by atoms with Gasteiger partial charge in [-0.05, 0) is 166 Å². The summed E-state index contributed by atoms with van der Waals surface area (Å²) in [6, 6.07) is 57.3. The van der Waals surface area contributed by atoms with Gasteiger partial charge in [-0.2, -0.15) is 0 Å². The van der Waals surface area contributed by atoms with Gasteiger partial charge in [-0.3, -0.25) is 0 Å². The largest absolute Gasteiger partial charge is 0.486 e. The van der Waals surface area contributed by atoms with E-state index in [4.69, 9.17) is 25.5 Å². The van der Waals surface area contributed by atoms with Crippen LogP contribution in [0.5, 0.6) is 11.5 Å². The summed E-state index contributed by atoms with van der Waals surface area (Å²) in [5.41, 5.74) is 20.5. The average Bonchev–Trinajstić information content (AvgIpc) is 3.89. The Morgan fingerprint density at radius 3 is 1.83 bits per heavy atom. The molecule has 0 saturated heterocycles. The molecule has 0 saturated carbocycles. The SMILES string of the molecule is Cc1cc(N(c2ccc(C(C)(C)C)cc2)c2cc(-c3ccc4c(c3)C(C)(C)c3ccccc3-4)cc(-c3cc4ccccc4o3)c2)c(Cl)c(N(c2ccc3c(c2)OCCO3)c2c(C)cc(C(C)(C)C)cc2C)c1. The molecule has 2 aliphatic rings. The maximum Gasteiger partial charge on any atom is 0.163 e. The zero-order valence-corrected chi connectivity index (χ0v) is 44.2. The molecule has 0 bridgehead atoms. The van der Waals surface area contributed by atoms with Crippen LogP contribution in [0.1, 0.15) is 94.3 Å². The lowest BCUT2D eigenvalue weighted by Gasteiger charge is -2.34. The molecule has 0 radical (unpaired) electrons. The molecule has 2 heterocycles. The van der Waals surface area contributed by atoms with E-state index in [0.29, 0.717) is 24.0 Å². The summed E-state index contributed by atoms with van der Waals surface area (Å²) in [6.45, 7) is 25.8. The highest BCUT2D eigenvalue weighted by Gasteiger charge is 2.36. The highest BCUT2D eigenvalue weighted by Crippen LogP contribution is 2.53. The predicted molar refractivity (Wildman–Crippen MR) is 302 cm³/mol. The number of aryl methyl sites for hydroxylation is 3. The average molecular weight is 968 g/mol. The van der Waals surface area contributed by atoms with Crippen molar-refractivity contribution < 1.29 is 13.9 Å². The second-order valence-corrected chi connectivity index (χ2v) is 22.8. The molecule has 1 aromatic heterocycles. The predicted octanol–water partition coefficient (Wildman–Crippen LogP) is 19.0. The van der Waals surface area contributed by atoms with Gasteiger partial charge in [-0.1, -0.05) is 146 Å². The minimum atomic E-state index is -0.166. The van der Waals surface area contributed by atoms with Gasteiger partial charge in [0.2, 0.25) is 0 Å². The van der Waals surface area contributed by atoms with E-state index in [1.165, 1.54) is 33.4 Å². The monoisotopic (exact) mass is 966 g/mol. The fourth-order valence-corrected chi connectivity index (χ4v) is 11.2. The minimum Gasteiger partial charge on any atom is -0.486 e. The highest BCUT2D eigenvalue weighted by molar-refractivity contribution is 6.37. The van der Waals surface area contributed by atoms with Crippen LogP contribution in [0, 0.1) is 20.8 Å². The third-order valence-electron chi connectivity index (χ3n) is 14.8. The number of hydrogen-bond acceptors (Lipinski definition) is 5. The van der Waals surface area contributed by atoms with E-state index < -0.39 is 0 Å². The summed E-state index contributed by atoms with van der Waals surface area (Å²) in [4.78, 5) is 4.65.